The van der Waals surface area contributed by atoms with Crippen LogP contribution in [-0.4, -0.2) is 9.55 Å². The predicted molar refractivity (Wildman–Crippen MR) is 71.7 cm³/mol. The highest BCUT2D eigenvalue weighted by Gasteiger charge is 2.21. The van der Waals surface area contributed by atoms with Crippen molar-refractivity contribution in [3.8, 4) is 11.3 Å². The average molecular weight is 240 g/mol. The minimum Gasteiger partial charge on any atom is -0.294 e. The molecule has 2 aromatic rings. The molecule has 1 aromatic heterocycles. The molecule has 0 saturated heterocycles. The van der Waals surface area contributed by atoms with Crippen LogP contribution >= 0.6 is 0 Å². The molecule has 0 radical (unpaired) electrons. The Balaban J connectivity index is 2.20. The number of nitrogens with zero attached hydrogens (tertiary/aromatic N) is 2. The zero-order chi connectivity index (χ0) is 12.7. The van der Waals surface area contributed by atoms with Crippen LogP contribution in [-0.2, 0) is 6.42 Å². The Morgan fingerprint density at radius 3 is 2.89 bits per heavy atom. The second kappa shape index (κ2) is 4.09. The van der Waals surface area contributed by atoms with Gasteiger partial charge in [-0.05, 0) is 25.8 Å². The van der Waals surface area contributed by atoms with Crippen molar-refractivity contribution in [2.24, 2.45) is 0 Å². The lowest BCUT2D eigenvalue weighted by Gasteiger charge is -2.10. The van der Waals surface area contributed by atoms with Crippen LogP contribution in [0.2, 0.25) is 0 Å². The zero-order valence-electron chi connectivity index (χ0n) is 10.7. The summed E-state index contributed by atoms with van der Waals surface area (Å²) in [5.74, 6) is 0.924. The number of hydrogen-bond donors (Lipinski definition) is 0. The summed E-state index contributed by atoms with van der Waals surface area (Å²) in [6.45, 7) is 4.12. The fraction of sp³-hybridized carbons (Fsp3) is 0.333. The van der Waals surface area contributed by atoms with Crippen LogP contribution in [0.1, 0.15) is 30.8 Å². The lowest BCUT2D eigenvalue weighted by atomic mass is 10.1. The summed E-state index contributed by atoms with van der Waals surface area (Å²) in [6, 6.07) is 9.99. The Morgan fingerprint density at radius 1 is 1.33 bits per heavy atom. The first-order valence-electron chi connectivity index (χ1n) is 6.35. The maximum absolute atomic E-state index is 12.1. The molecule has 3 nitrogen and oxygen atoms in total. The molecule has 2 heterocycles. The van der Waals surface area contributed by atoms with Gasteiger partial charge < -0.3 is 0 Å². The molecule has 3 heteroatoms. The molecule has 0 bridgehead atoms. The normalized spacial score (nSPS) is 17.8. The van der Waals surface area contributed by atoms with E-state index in [0.717, 1.165) is 35.5 Å². The predicted octanol–water partition coefficient (Wildman–Crippen LogP) is 2.73. The second-order valence-electron chi connectivity index (χ2n) is 4.97. The Hall–Kier alpha value is -1.90. The van der Waals surface area contributed by atoms with Crippen LogP contribution in [0.25, 0.3) is 11.3 Å². The lowest BCUT2D eigenvalue weighted by Crippen LogP contribution is -2.22. The first-order chi connectivity index (χ1) is 8.66. The molecular weight excluding hydrogens is 224 g/mol. The summed E-state index contributed by atoms with van der Waals surface area (Å²) >= 11 is 0. The van der Waals surface area contributed by atoms with Gasteiger partial charge in [-0.1, -0.05) is 24.3 Å². The molecule has 0 saturated carbocycles. The van der Waals surface area contributed by atoms with Gasteiger partial charge in [0.1, 0.15) is 5.82 Å². The second-order valence-corrected chi connectivity index (χ2v) is 4.97. The molecule has 1 aliphatic rings. The van der Waals surface area contributed by atoms with Gasteiger partial charge in [0.2, 0.25) is 0 Å². The minimum absolute atomic E-state index is 0.0725. The third kappa shape index (κ3) is 1.67. The number of aromatic nitrogens is 2. The molecule has 1 aromatic carbocycles. The van der Waals surface area contributed by atoms with E-state index in [1.165, 1.54) is 0 Å². The van der Waals surface area contributed by atoms with E-state index in [9.17, 15) is 4.79 Å². The van der Waals surface area contributed by atoms with Crippen molar-refractivity contribution < 1.29 is 0 Å². The maximum atomic E-state index is 12.1. The molecule has 0 fully saturated rings. The summed E-state index contributed by atoms with van der Waals surface area (Å²) in [5.41, 5.74) is 3.08. The van der Waals surface area contributed by atoms with Crippen molar-refractivity contribution in [2.75, 3.05) is 0 Å². The summed E-state index contributed by atoms with van der Waals surface area (Å²) in [6.07, 6.45) is 1.91. The van der Waals surface area contributed by atoms with E-state index < -0.39 is 0 Å². The SMILES string of the molecule is Cc1ccccc1-c1cc(=O)n2c(n1)CC[C@@H]2C. The molecule has 0 amide bonds. The first kappa shape index (κ1) is 11.2. The van der Waals surface area contributed by atoms with Gasteiger partial charge in [-0.15, -0.1) is 0 Å². The van der Waals surface area contributed by atoms with E-state index in [1.807, 2.05) is 35.8 Å². The van der Waals surface area contributed by atoms with Crippen molar-refractivity contribution in [1.29, 1.82) is 0 Å². The fourth-order valence-electron chi connectivity index (χ4n) is 2.65. The van der Waals surface area contributed by atoms with E-state index in [0.29, 0.717) is 0 Å². The maximum Gasteiger partial charge on any atom is 0.254 e. The fourth-order valence-corrected chi connectivity index (χ4v) is 2.65. The summed E-state index contributed by atoms with van der Waals surface area (Å²) in [5, 5.41) is 0. The summed E-state index contributed by atoms with van der Waals surface area (Å²) < 4.78 is 1.82. The average Bonchev–Trinajstić information content (AvgIpc) is 2.72. The van der Waals surface area contributed by atoms with Crippen molar-refractivity contribution in [3.05, 3.63) is 52.1 Å². The standard InChI is InChI=1S/C15H16N2O/c1-10-5-3-4-6-12(10)13-9-15(18)17-11(2)7-8-14(17)16-13/h3-6,9,11H,7-8H2,1-2H3/t11-/m0/s1. The van der Waals surface area contributed by atoms with E-state index >= 15 is 0 Å². The van der Waals surface area contributed by atoms with Crippen molar-refractivity contribution >= 4 is 0 Å². The van der Waals surface area contributed by atoms with Gasteiger partial charge in [0.05, 0.1) is 5.69 Å². The van der Waals surface area contributed by atoms with Crippen LogP contribution in [0.5, 0.6) is 0 Å². The molecule has 18 heavy (non-hydrogen) atoms. The zero-order valence-corrected chi connectivity index (χ0v) is 10.7. The highest BCUT2D eigenvalue weighted by atomic mass is 16.1. The van der Waals surface area contributed by atoms with E-state index in [4.69, 9.17) is 0 Å². The van der Waals surface area contributed by atoms with Gasteiger partial charge in [-0.3, -0.25) is 9.36 Å². The topological polar surface area (TPSA) is 34.9 Å². The Labute approximate surface area is 106 Å². The Morgan fingerprint density at radius 2 is 2.11 bits per heavy atom. The van der Waals surface area contributed by atoms with Gasteiger partial charge in [0.15, 0.2) is 0 Å². The monoisotopic (exact) mass is 240 g/mol. The molecule has 0 N–H and O–H groups in total. The Bertz CT molecular complexity index is 658. The van der Waals surface area contributed by atoms with E-state index in [-0.39, 0.29) is 11.6 Å². The molecule has 92 valence electrons. The number of aryl methyl sites for hydroxylation is 2. The largest absolute Gasteiger partial charge is 0.294 e. The van der Waals surface area contributed by atoms with Crippen molar-refractivity contribution in [1.82, 2.24) is 9.55 Å². The van der Waals surface area contributed by atoms with Gasteiger partial charge in [0, 0.05) is 24.1 Å². The third-order valence-electron chi connectivity index (χ3n) is 3.67. The summed E-state index contributed by atoms with van der Waals surface area (Å²) in [7, 11) is 0. The lowest BCUT2D eigenvalue weighted by molar-refractivity contribution is 0.560. The molecule has 0 unspecified atom stereocenters. The molecule has 0 spiro atoms. The molecule has 1 aliphatic heterocycles. The number of hydrogen-bond acceptors (Lipinski definition) is 2. The number of rotatable bonds is 1. The van der Waals surface area contributed by atoms with E-state index in [2.05, 4.69) is 11.9 Å². The van der Waals surface area contributed by atoms with Gasteiger partial charge in [-0.2, -0.15) is 0 Å². The smallest absolute Gasteiger partial charge is 0.254 e. The van der Waals surface area contributed by atoms with Gasteiger partial charge in [-0.25, -0.2) is 4.98 Å². The van der Waals surface area contributed by atoms with E-state index in [1.54, 1.807) is 6.07 Å². The van der Waals surface area contributed by atoms with Crippen molar-refractivity contribution in [2.45, 2.75) is 32.7 Å². The number of fused-ring (bicyclic) bond motifs is 1. The summed E-state index contributed by atoms with van der Waals surface area (Å²) in [4.78, 5) is 16.8. The molecule has 1 atom stereocenters. The molecule has 0 aliphatic carbocycles. The first-order valence-corrected chi connectivity index (χ1v) is 6.35. The third-order valence-corrected chi connectivity index (χ3v) is 3.67. The molecule has 3 rings (SSSR count). The molecular formula is C15H16N2O. The minimum atomic E-state index is 0.0725. The van der Waals surface area contributed by atoms with Crippen LogP contribution in [0.3, 0.4) is 0 Å². The van der Waals surface area contributed by atoms with Crippen LogP contribution < -0.4 is 5.56 Å². The van der Waals surface area contributed by atoms with Crippen molar-refractivity contribution in [3.63, 3.8) is 0 Å². The van der Waals surface area contributed by atoms with Crippen LogP contribution in [0.15, 0.2) is 35.1 Å². The quantitative estimate of drug-likeness (QED) is 0.768. The van der Waals surface area contributed by atoms with Gasteiger partial charge in [0.25, 0.3) is 5.56 Å². The Kier molecular flexibility index (Phi) is 2.54. The van der Waals surface area contributed by atoms with Gasteiger partial charge >= 0.3 is 0 Å². The van der Waals surface area contributed by atoms with Crippen LogP contribution in [0.4, 0.5) is 0 Å². The highest BCUT2D eigenvalue weighted by molar-refractivity contribution is 5.62. The van der Waals surface area contributed by atoms with Crippen LogP contribution in [0, 0.1) is 6.92 Å². The highest BCUT2D eigenvalue weighted by Crippen LogP contribution is 2.25. The number of benzene rings is 1.